The molecule has 168 valence electrons. The summed E-state index contributed by atoms with van der Waals surface area (Å²) >= 11 is 0. The van der Waals surface area contributed by atoms with Gasteiger partial charge in [-0.15, -0.1) is 0 Å². The van der Waals surface area contributed by atoms with Crippen LogP contribution in [0.2, 0.25) is 0 Å². The number of rotatable bonds is 6. The molecule has 0 spiro atoms. The Morgan fingerprint density at radius 2 is 2.16 bits per heavy atom. The van der Waals surface area contributed by atoms with Gasteiger partial charge >= 0.3 is 12.0 Å². The molecule has 2 amide bonds. The van der Waals surface area contributed by atoms with E-state index < -0.39 is 0 Å². The van der Waals surface area contributed by atoms with Gasteiger partial charge in [0.05, 0.1) is 13.5 Å². The van der Waals surface area contributed by atoms with Crippen molar-refractivity contribution in [2.45, 2.75) is 51.1 Å². The lowest BCUT2D eigenvalue weighted by Crippen LogP contribution is -2.52. The minimum Gasteiger partial charge on any atom is -0.469 e. The number of fused-ring (bicyclic) bond motifs is 2. The average molecular weight is 427 g/mol. The Labute approximate surface area is 184 Å². The first kappa shape index (κ1) is 21.7. The number of piperidine rings is 1. The third kappa shape index (κ3) is 4.42. The molecule has 4 rings (SSSR count). The number of H-pyrrole nitrogens is 1. The van der Waals surface area contributed by atoms with E-state index in [-0.39, 0.29) is 24.5 Å². The molecule has 2 N–H and O–H groups in total. The van der Waals surface area contributed by atoms with Crippen LogP contribution in [-0.2, 0) is 16.0 Å². The number of carbonyl (C=O) groups excluding carboxylic acids is 2. The summed E-state index contributed by atoms with van der Waals surface area (Å²) in [5, 5.41) is 4.37. The van der Waals surface area contributed by atoms with Crippen LogP contribution in [0, 0.1) is 5.92 Å². The summed E-state index contributed by atoms with van der Waals surface area (Å²) in [7, 11) is 3.59. The molecule has 3 atom stereocenters. The summed E-state index contributed by atoms with van der Waals surface area (Å²) < 4.78 is 4.79. The predicted molar refractivity (Wildman–Crippen MR) is 121 cm³/mol. The van der Waals surface area contributed by atoms with E-state index in [0.29, 0.717) is 31.0 Å². The number of nitrogens with zero attached hydrogens (tertiary/aromatic N) is 2. The van der Waals surface area contributed by atoms with Crippen molar-refractivity contribution in [3.63, 3.8) is 0 Å². The highest BCUT2D eigenvalue weighted by Crippen LogP contribution is 2.44. The van der Waals surface area contributed by atoms with Gasteiger partial charge < -0.3 is 24.8 Å². The molecule has 2 aromatic rings. The molecule has 2 heterocycles. The van der Waals surface area contributed by atoms with Gasteiger partial charge in [-0.25, -0.2) is 4.79 Å². The maximum Gasteiger partial charge on any atom is 0.317 e. The fourth-order valence-electron chi connectivity index (χ4n) is 5.44. The molecule has 1 unspecified atom stereocenters. The smallest absolute Gasteiger partial charge is 0.317 e. The number of carbonyl (C=O) groups is 2. The van der Waals surface area contributed by atoms with Crippen molar-refractivity contribution in [3.8, 4) is 0 Å². The SMILES string of the molecule is COC(=O)CCN(C[C@@H]1CC2c3cccc4[nH]cc(c34)C[C@H]2N(C)C1)C(=O)NC(C)C. The van der Waals surface area contributed by atoms with E-state index >= 15 is 0 Å². The van der Waals surface area contributed by atoms with E-state index in [1.807, 2.05) is 13.8 Å². The number of likely N-dealkylation sites (N-methyl/N-ethyl adjacent to an activating group) is 1. The Bertz CT molecular complexity index is 953. The van der Waals surface area contributed by atoms with Crippen LogP contribution in [0.5, 0.6) is 0 Å². The van der Waals surface area contributed by atoms with Crippen molar-refractivity contribution < 1.29 is 14.3 Å². The zero-order chi connectivity index (χ0) is 22.1. The highest BCUT2D eigenvalue weighted by Gasteiger charge is 2.40. The fourth-order valence-corrected chi connectivity index (χ4v) is 5.44. The molecule has 1 aromatic carbocycles. The molecular formula is C24H34N4O3. The number of nitrogens with one attached hydrogen (secondary N) is 2. The Kier molecular flexibility index (Phi) is 6.23. The van der Waals surface area contributed by atoms with Gasteiger partial charge in [-0.1, -0.05) is 12.1 Å². The predicted octanol–water partition coefficient (Wildman–Crippen LogP) is 3.11. The van der Waals surface area contributed by atoms with Crippen LogP contribution in [0.15, 0.2) is 24.4 Å². The second kappa shape index (κ2) is 8.91. The van der Waals surface area contributed by atoms with Crippen molar-refractivity contribution in [2.75, 3.05) is 33.8 Å². The number of benzene rings is 1. The van der Waals surface area contributed by atoms with Gasteiger partial charge in [0.1, 0.15) is 0 Å². The van der Waals surface area contributed by atoms with Gasteiger partial charge in [0.25, 0.3) is 0 Å². The minimum absolute atomic E-state index is 0.0505. The summed E-state index contributed by atoms with van der Waals surface area (Å²) in [5.41, 5.74) is 4.05. The second-order valence-electron chi connectivity index (χ2n) is 9.38. The number of esters is 1. The molecule has 1 aliphatic heterocycles. The molecule has 7 heteroatoms. The fraction of sp³-hybridized carbons (Fsp3) is 0.583. The Morgan fingerprint density at radius 3 is 2.90 bits per heavy atom. The maximum atomic E-state index is 12.8. The monoisotopic (exact) mass is 426 g/mol. The van der Waals surface area contributed by atoms with E-state index in [9.17, 15) is 9.59 Å². The molecule has 1 aliphatic carbocycles. The van der Waals surface area contributed by atoms with E-state index in [4.69, 9.17) is 4.74 Å². The van der Waals surface area contributed by atoms with E-state index in [2.05, 4.69) is 46.6 Å². The number of hydrogen-bond acceptors (Lipinski definition) is 4. The molecule has 31 heavy (non-hydrogen) atoms. The zero-order valence-corrected chi connectivity index (χ0v) is 19.0. The van der Waals surface area contributed by atoms with Crippen LogP contribution in [0.1, 0.15) is 43.7 Å². The third-order valence-corrected chi connectivity index (χ3v) is 6.80. The highest BCUT2D eigenvalue weighted by atomic mass is 16.5. The molecule has 0 radical (unpaired) electrons. The standard InChI is InChI=1S/C24H34N4O3/c1-15(2)26-24(30)28(9-8-22(29)31-4)14-16-10-19-18-6-5-7-20-23(18)17(12-25-20)11-21(19)27(3)13-16/h5-7,12,15-16,19,21,25H,8-11,13-14H2,1-4H3,(H,26,30)/t16-,19?,21-/m1/s1. The molecule has 1 saturated heterocycles. The molecule has 2 aliphatic rings. The van der Waals surface area contributed by atoms with Gasteiger partial charge in [0.2, 0.25) is 0 Å². The lowest BCUT2D eigenvalue weighted by Gasteiger charge is -2.46. The Balaban J connectivity index is 1.53. The number of hydrogen-bond donors (Lipinski definition) is 2. The molecule has 7 nitrogen and oxygen atoms in total. The largest absolute Gasteiger partial charge is 0.469 e. The number of likely N-dealkylation sites (tertiary alicyclic amines) is 1. The zero-order valence-electron chi connectivity index (χ0n) is 19.0. The molecule has 1 aromatic heterocycles. The van der Waals surface area contributed by atoms with Crippen LogP contribution in [0.3, 0.4) is 0 Å². The topological polar surface area (TPSA) is 77.7 Å². The van der Waals surface area contributed by atoms with E-state index in [1.165, 1.54) is 29.1 Å². The van der Waals surface area contributed by atoms with Crippen LogP contribution in [0.25, 0.3) is 10.9 Å². The Morgan fingerprint density at radius 1 is 1.35 bits per heavy atom. The van der Waals surface area contributed by atoms with Crippen LogP contribution >= 0.6 is 0 Å². The van der Waals surface area contributed by atoms with E-state index in [1.54, 1.807) is 4.90 Å². The first-order chi connectivity index (χ1) is 14.9. The summed E-state index contributed by atoms with van der Waals surface area (Å²) in [4.78, 5) is 32.2. The number of amides is 2. The lowest BCUT2D eigenvalue weighted by atomic mass is 9.72. The first-order valence-corrected chi connectivity index (χ1v) is 11.3. The molecule has 0 saturated carbocycles. The van der Waals surface area contributed by atoms with Gasteiger partial charge in [0.15, 0.2) is 0 Å². The number of methoxy groups -OCH3 is 1. The second-order valence-corrected chi connectivity index (χ2v) is 9.38. The van der Waals surface area contributed by atoms with Crippen molar-refractivity contribution in [3.05, 3.63) is 35.5 Å². The van der Waals surface area contributed by atoms with Gasteiger partial charge in [-0.05, 0) is 56.8 Å². The summed E-state index contributed by atoms with van der Waals surface area (Å²) in [6, 6.07) is 6.99. The summed E-state index contributed by atoms with van der Waals surface area (Å²) in [6.45, 7) is 5.86. The van der Waals surface area contributed by atoms with Crippen molar-refractivity contribution in [1.29, 1.82) is 0 Å². The van der Waals surface area contributed by atoms with Crippen molar-refractivity contribution in [2.24, 2.45) is 5.92 Å². The minimum atomic E-state index is -0.290. The Hall–Kier alpha value is -2.54. The van der Waals surface area contributed by atoms with Crippen molar-refractivity contribution in [1.82, 2.24) is 20.1 Å². The first-order valence-electron chi connectivity index (χ1n) is 11.3. The summed E-state index contributed by atoms with van der Waals surface area (Å²) in [5.74, 6) is 0.506. The lowest BCUT2D eigenvalue weighted by molar-refractivity contribution is -0.140. The maximum absolute atomic E-state index is 12.8. The van der Waals surface area contributed by atoms with Crippen LogP contribution in [-0.4, -0.2) is 72.7 Å². The van der Waals surface area contributed by atoms with E-state index in [0.717, 1.165) is 19.4 Å². The van der Waals surface area contributed by atoms with Crippen LogP contribution < -0.4 is 5.32 Å². The number of ether oxygens (including phenoxy) is 1. The van der Waals surface area contributed by atoms with Gasteiger partial charge in [0, 0.05) is 54.7 Å². The van der Waals surface area contributed by atoms with Gasteiger partial charge in [-0.2, -0.15) is 0 Å². The highest BCUT2D eigenvalue weighted by molar-refractivity contribution is 5.88. The average Bonchev–Trinajstić information content (AvgIpc) is 3.15. The molecular weight excluding hydrogens is 392 g/mol. The quantitative estimate of drug-likeness (QED) is 0.696. The summed E-state index contributed by atoms with van der Waals surface area (Å²) in [6.07, 6.45) is 4.48. The van der Waals surface area contributed by atoms with Crippen LogP contribution in [0.4, 0.5) is 4.79 Å². The molecule has 1 fully saturated rings. The third-order valence-electron chi connectivity index (χ3n) is 6.80. The van der Waals surface area contributed by atoms with Crippen molar-refractivity contribution >= 4 is 22.9 Å². The number of urea groups is 1. The molecule has 0 bridgehead atoms. The van der Waals surface area contributed by atoms with Gasteiger partial charge in [-0.3, -0.25) is 4.79 Å². The number of aromatic amines is 1. The number of aromatic nitrogens is 1. The normalized spacial score (nSPS) is 22.9.